The highest BCUT2D eigenvalue weighted by molar-refractivity contribution is 6.34. The summed E-state index contributed by atoms with van der Waals surface area (Å²) in [5.74, 6) is -3.05. The molecule has 0 fully saturated rings. The summed E-state index contributed by atoms with van der Waals surface area (Å²) in [6.45, 7) is 4.55. The Morgan fingerprint density at radius 1 is 1.45 bits per heavy atom. The summed E-state index contributed by atoms with van der Waals surface area (Å²) in [7, 11) is 0. The minimum Gasteiger partial charge on any atom is -0.320 e. The number of nitro benzene ring substituents is 1. The maximum absolute atomic E-state index is 13.6. The molecular formula is C14H11ClF2N2O3. The maximum atomic E-state index is 13.6. The summed E-state index contributed by atoms with van der Waals surface area (Å²) in [5, 5.41) is 12.9. The lowest BCUT2D eigenvalue weighted by Crippen LogP contribution is -2.14. The molecule has 5 nitrogen and oxygen atoms in total. The van der Waals surface area contributed by atoms with E-state index in [9.17, 15) is 23.7 Å². The van der Waals surface area contributed by atoms with E-state index in [-0.39, 0.29) is 16.4 Å². The van der Waals surface area contributed by atoms with Crippen LogP contribution in [-0.4, -0.2) is 10.8 Å². The molecule has 0 heterocycles. The molecule has 1 aromatic rings. The molecule has 0 unspecified atom stereocenters. The molecule has 1 aromatic carbocycles. The molecule has 116 valence electrons. The van der Waals surface area contributed by atoms with E-state index in [4.69, 9.17) is 11.6 Å². The first-order valence-electron chi connectivity index (χ1n) is 5.89. The fourth-order valence-corrected chi connectivity index (χ4v) is 1.49. The number of nitro groups is 1. The van der Waals surface area contributed by atoms with Gasteiger partial charge >= 0.3 is 0 Å². The van der Waals surface area contributed by atoms with E-state index in [1.165, 1.54) is 13.0 Å². The van der Waals surface area contributed by atoms with E-state index >= 15 is 0 Å². The van der Waals surface area contributed by atoms with Crippen molar-refractivity contribution >= 4 is 28.9 Å². The Kier molecular flexibility index (Phi) is 5.94. The van der Waals surface area contributed by atoms with Gasteiger partial charge in [-0.25, -0.2) is 8.78 Å². The summed E-state index contributed by atoms with van der Waals surface area (Å²) in [6, 6.07) is 3.38. The van der Waals surface area contributed by atoms with E-state index in [1.54, 1.807) is 0 Å². The molecule has 22 heavy (non-hydrogen) atoms. The number of hydrogen-bond donors (Lipinski definition) is 1. The Labute approximate surface area is 129 Å². The second kappa shape index (κ2) is 7.46. The molecule has 0 spiro atoms. The van der Waals surface area contributed by atoms with Gasteiger partial charge in [0.2, 0.25) is 0 Å². The number of non-ortho nitro benzene ring substituents is 1. The Morgan fingerprint density at radius 3 is 2.64 bits per heavy atom. The van der Waals surface area contributed by atoms with Crippen molar-refractivity contribution < 1.29 is 18.5 Å². The molecule has 0 aliphatic carbocycles. The SMILES string of the molecule is C=C(C(=O)Nc1cc([N+](=O)[O-])ccc1Cl)/C(F)=C\C(F)=C/C. The number of benzene rings is 1. The molecule has 1 N–H and O–H groups in total. The number of nitrogens with zero attached hydrogens (tertiary/aromatic N) is 1. The van der Waals surface area contributed by atoms with Gasteiger partial charge in [-0.1, -0.05) is 24.3 Å². The smallest absolute Gasteiger partial charge is 0.271 e. The number of carbonyl (C=O) groups is 1. The third-order valence-corrected chi connectivity index (χ3v) is 2.84. The number of rotatable bonds is 5. The Balaban J connectivity index is 2.98. The van der Waals surface area contributed by atoms with E-state index in [0.29, 0.717) is 6.08 Å². The summed E-state index contributed by atoms with van der Waals surface area (Å²) >= 11 is 5.79. The van der Waals surface area contributed by atoms with Crippen LogP contribution in [0.2, 0.25) is 5.02 Å². The minimum absolute atomic E-state index is 0.0239. The largest absolute Gasteiger partial charge is 0.320 e. The molecule has 0 radical (unpaired) electrons. The third kappa shape index (κ3) is 4.49. The summed E-state index contributed by atoms with van der Waals surface area (Å²) in [5.41, 5.74) is -1.03. The van der Waals surface area contributed by atoms with Gasteiger partial charge in [-0.3, -0.25) is 14.9 Å². The van der Waals surface area contributed by atoms with Crippen molar-refractivity contribution in [3.05, 3.63) is 69.3 Å². The van der Waals surface area contributed by atoms with E-state index < -0.39 is 28.1 Å². The molecule has 0 aliphatic heterocycles. The average molecular weight is 329 g/mol. The van der Waals surface area contributed by atoms with Crippen molar-refractivity contribution in [3.8, 4) is 0 Å². The number of hydrogen-bond acceptors (Lipinski definition) is 3. The van der Waals surface area contributed by atoms with Gasteiger partial charge in [0.05, 0.1) is 21.2 Å². The zero-order chi connectivity index (χ0) is 16.9. The molecule has 0 atom stereocenters. The molecule has 1 amide bonds. The zero-order valence-corrected chi connectivity index (χ0v) is 12.2. The van der Waals surface area contributed by atoms with Gasteiger partial charge in [-0.05, 0) is 13.0 Å². The first kappa shape index (κ1) is 17.5. The third-order valence-electron chi connectivity index (χ3n) is 2.51. The van der Waals surface area contributed by atoms with Crippen LogP contribution in [0, 0.1) is 10.1 Å². The van der Waals surface area contributed by atoms with E-state index in [2.05, 4.69) is 11.9 Å². The van der Waals surface area contributed by atoms with Crippen LogP contribution in [0.5, 0.6) is 0 Å². The minimum atomic E-state index is -1.17. The highest BCUT2D eigenvalue weighted by Gasteiger charge is 2.16. The molecular weight excluding hydrogens is 318 g/mol. The van der Waals surface area contributed by atoms with E-state index in [0.717, 1.165) is 18.2 Å². The predicted molar refractivity (Wildman–Crippen MR) is 79.9 cm³/mol. The quantitative estimate of drug-likeness (QED) is 0.375. The number of anilines is 1. The lowest BCUT2D eigenvalue weighted by atomic mass is 10.2. The number of nitrogens with one attached hydrogen (secondary N) is 1. The van der Waals surface area contributed by atoms with Crippen molar-refractivity contribution in [2.75, 3.05) is 5.32 Å². The van der Waals surface area contributed by atoms with Crippen molar-refractivity contribution in [3.63, 3.8) is 0 Å². The van der Waals surface area contributed by atoms with Gasteiger partial charge < -0.3 is 5.32 Å². The van der Waals surface area contributed by atoms with Crippen LogP contribution in [0.3, 0.4) is 0 Å². The normalized spacial score (nSPS) is 12.0. The first-order valence-corrected chi connectivity index (χ1v) is 6.27. The van der Waals surface area contributed by atoms with Gasteiger partial charge in [0.25, 0.3) is 11.6 Å². The van der Waals surface area contributed by atoms with Crippen LogP contribution >= 0.6 is 11.6 Å². The lowest BCUT2D eigenvalue weighted by molar-refractivity contribution is -0.384. The molecule has 8 heteroatoms. The van der Waals surface area contributed by atoms with Gasteiger partial charge in [-0.2, -0.15) is 0 Å². The van der Waals surface area contributed by atoms with Crippen molar-refractivity contribution in [1.29, 1.82) is 0 Å². The Morgan fingerprint density at radius 2 is 2.09 bits per heavy atom. The summed E-state index contributed by atoms with van der Waals surface area (Å²) in [6.07, 6.45) is 1.50. The highest BCUT2D eigenvalue weighted by Crippen LogP contribution is 2.27. The molecule has 0 bridgehead atoms. The van der Waals surface area contributed by atoms with Gasteiger partial charge in [0, 0.05) is 18.2 Å². The molecule has 0 saturated heterocycles. The van der Waals surface area contributed by atoms with Crippen LogP contribution in [0.1, 0.15) is 6.92 Å². The fourth-order valence-electron chi connectivity index (χ4n) is 1.32. The first-order chi connectivity index (χ1) is 10.3. The van der Waals surface area contributed by atoms with Crippen LogP contribution in [0.15, 0.2) is 54.2 Å². The van der Waals surface area contributed by atoms with Crippen molar-refractivity contribution in [2.45, 2.75) is 6.92 Å². The second-order valence-electron chi connectivity index (χ2n) is 4.02. The molecule has 0 saturated carbocycles. The monoisotopic (exact) mass is 328 g/mol. The summed E-state index contributed by atoms with van der Waals surface area (Å²) in [4.78, 5) is 21.8. The molecule has 0 aliphatic rings. The number of halogens is 3. The maximum Gasteiger partial charge on any atom is 0.271 e. The van der Waals surface area contributed by atoms with Gasteiger partial charge in [0.15, 0.2) is 0 Å². The lowest BCUT2D eigenvalue weighted by Gasteiger charge is -2.08. The van der Waals surface area contributed by atoms with Crippen molar-refractivity contribution in [2.24, 2.45) is 0 Å². The van der Waals surface area contributed by atoms with Crippen LogP contribution in [-0.2, 0) is 4.79 Å². The van der Waals surface area contributed by atoms with Crippen LogP contribution in [0.4, 0.5) is 20.2 Å². The van der Waals surface area contributed by atoms with Gasteiger partial charge in [0.1, 0.15) is 11.7 Å². The second-order valence-corrected chi connectivity index (χ2v) is 4.43. The number of amides is 1. The van der Waals surface area contributed by atoms with E-state index in [1.807, 2.05) is 0 Å². The van der Waals surface area contributed by atoms with Crippen LogP contribution < -0.4 is 5.32 Å². The predicted octanol–water partition coefficient (Wildman–Crippen LogP) is 4.47. The zero-order valence-electron chi connectivity index (χ0n) is 11.4. The number of carbonyl (C=O) groups excluding carboxylic acids is 1. The van der Waals surface area contributed by atoms with Crippen LogP contribution in [0.25, 0.3) is 0 Å². The number of allylic oxidation sites excluding steroid dienone is 3. The highest BCUT2D eigenvalue weighted by atomic mass is 35.5. The van der Waals surface area contributed by atoms with Gasteiger partial charge in [-0.15, -0.1) is 0 Å². The molecule has 1 rings (SSSR count). The topological polar surface area (TPSA) is 72.2 Å². The summed E-state index contributed by atoms with van der Waals surface area (Å²) < 4.78 is 26.5. The molecule has 0 aromatic heterocycles. The van der Waals surface area contributed by atoms with Crippen molar-refractivity contribution in [1.82, 2.24) is 0 Å². The average Bonchev–Trinajstić information content (AvgIpc) is 2.47. The Hall–Kier alpha value is -2.54. The fraction of sp³-hybridized carbons (Fsp3) is 0.0714. The Bertz CT molecular complexity index is 699. The standard InChI is InChI=1S/C14H11ClF2N2O3/c1-3-9(16)6-12(17)8(2)14(20)18-13-7-10(19(21)22)4-5-11(13)15/h3-7H,2H2,1H3,(H,18,20)/b9-3+,12-6+.